The van der Waals surface area contributed by atoms with Gasteiger partial charge in [0.2, 0.25) is 5.75 Å². The molecule has 0 saturated heterocycles. The summed E-state index contributed by atoms with van der Waals surface area (Å²) in [6, 6.07) is 1.50. The molecule has 0 radical (unpaired) electrons. The van der Waals surface area contributed by atoms with E-state index >= 15 is 0 Å². The molecular formula is C17H24N6O3. The number of benzene rings is 1. The van der Waals surface area contributed by atoms with Crippen molar-refractivity contribution in [3.63, 3.8) is 0 Å². The van der Waals surface area contributed by atoms with Crippen LogP contribution in [-0.2, 0) is 0 Å². The zero-order valence-corrected chi connectivity index (χ0v) is 15.4. The van der Waals surface area contributed by atoms with E-state index in [9.17, 15) is 0 Å². The monoisotopic (exact) mass is 360 g/mol. The van der Waals surface area contributed by atoms with Crippen LogP contribution >= 0.6 is 0 Å². The fourth-order valence-electron chi connectivity index (χ4n) is 3.13. The molecule has 0 aliphatic rings. The Balaban J connectivity index is 2.40. The van der Waals surface area contributed by atoms with E-state index in [2.05, 4.69) is 10.2 Å². The van der Waals surface area contributed by atoms with E-state index < -0.39 is 0 Å². The molecule has 26 heavy (non-hydrogen) atoms. The summed E-state index contributed by atoms with van der Waals surface area (Å²) in [7, 11) is 4.70. The number of fused-ring (bicyclic) bond motifs is 3. The number of hydrogen-bond donors (Lipinski definition) is 2. The zero-order chi connectivity index (χ0) is 18.8. The minimum atomic E-state index is -0.298. The second kappa shape index (κ2) is 7.30. The van der Waals surface area contributed by atoms with Gasteiger partial charge in [-0.15, -0.1) is 10.2 Å². The molecule has 1 aromatic carbocycles. The number of nitrogens with zero attached hydrogens (tertiary/aromatic N) is 4. The number of hydrogen-bond acceptors (Lipinski definition) is 8. The van der Waals surface area contributed by atoms with Crippen molar-refractivity contribution in [2.75, 3.05) is 27.9 Å². The smallest absolute Gasteiger partial charge is 0.205 e. The number of aromatic nitrogens is 4. The van der Waals surface area contributed by atoms with Crippen molar-refractivity contribution >= 4 is 16.7 Å². The normalized spacial score (nSPS) is 12.5. The highest BCUT2D eigenvalue weighted by molar-refractivity contribution is 5.90. The van der Waals surface area contributed by atoms with Crippen molar-refractivity contribution in [3.8, 4) is 17.2 Å². The van der Waals surface area contributed by atoms with Gasteiger partial charge in [0.1, 0.15) is 17.0 Å². The van der Waals surface area contributed by atoms with E-state index in [1.807, 2.05) is 11.3 Å². The van der Waals surface area contributed by atoms with Gasteiger partial charge in [-0.3, -0.25) is 4.40 Å². The molecule has 3 rings (SSSR count). The van der Waals surface area contributed by atoms with Crippen molar-refractivity contribution < 1.29 is 14.2 Å². The third-order valence-electron chi connectivity index (χ3n) is 4.37. The molecule has 140 valence electrons. The van der Waals surface area contributed by atoms with Gasteiger partial charge in [-0.25, -0.2) is 4.98 Å². The molecule has 3 aromatic rings. The van der Waals surface area contributed by atoms with Crippen LogP contribution in [0.2, 0.25) is 0 Å². The molecule has 9 heteroatoms. The summed E-state index contributed by atoms with van der Waals surface area (Å²) in [4.78, 5) is 4.76. The van der Waals surface area contributed by atoms with Gasteiger partial charge in [-0.05, 0) is 26.3 Å². The molecule has 0 fully saturated rings. The third-order valence-corrected chi connectivity index (χ3v) is 4.37. The summed E-state index contributed by atoms with van der Waals surface area (Å²) < 4.78 is 18.4. The second-order valence-corrected chi connectivity index (χ2v) is 5.95. The van der Waals surface area contributed by atoms with Gasteiger partial charge in [0.25, 0.3) is 0 Å². The summed E-state index contributed by atoms with van der Waals surface area (Å²) in [6.07, 6.45) is 1.51. The Hall–Kier alpha value is -2.65. The number of rotatable bonds is 7. The van der Waals surface area contributed by atoms with E-state index in [1.165, 1.54) is 0 Å². The number of aryl methyl sites for hydroxylation is 1. The highest BCUT2D eigenvalue weighted by Crippen LogP contribution is 2.43. The fraction of sp³-hybridized carbons (Fsp3) is 0.471. The lowest BCUT2D eigenvalue weighted by Gasteiger charge is -2.18. The van der Waals surface area contributed by atoms with Crippen molar-refractivity contribution in [2.45, 2.75) is 25.8 Å². The van der Waals surface area contributed by atoms with Crippen molar-refractivity contribution in [1.29, 1.82) is 0 Å². The Morgan fingerprint density at radius 2 is 1.85 bits per heavy atom. The third kappa shape index (κ3) is 2.78. The average Bonchev–Trinajstić information content (AvgIpc) is 3.05. The van der Waals surface area contributed by atoms with Gasteiger partial charge in [0.05, 0.1) is 32.9 Å². The number of methoxy groups -OCH3 is 3. The Labute approximate surface area is 151 Å². The van der Waals surface area contributed by atoms with Crippen LogP contribution < -0.4 is 25.7 Å². The highest BCUT2D eigenvalue weighted by atomic mass is 16.5. The molecule has 0 aliphatic heterocycles. The second-order valence-electron chi connectivity index (χ2n) is 5.95. The molecule has 4 N–H and O–H groups in total. The molecular weight excluding hydrogens is 336 g/mol. The Morgan fingerprint density at radius 3 is 2.46 bits per heavy atom. The molecule has 0 saturated carbocycles. The lowest BCUT2D eigenvalue weighted by molar-refractivity contribution is 0.326. The average molecular weight is 360 g/mol. The molecule has 0 spiro atoms. The minimum Gasteiger partial charge on any atom is -0.493 e. The summed E-state index contributed by atoms with van der Waals surface area (Å²) in [5.74, 6) is 2.21. The van der Waals surface area contributed by atoms with E-state index in [0.717, 1.165) is 6.42 Å². The first kappa shape index (κ1) is 18.2. The predicted molar refractivity (Wildman–Crippen MR) is 97.9 cm³/mol. The standard InChI is InChI=1S/C17H24N6O3/c1-9-21-22-17-13(10(19)6-5-7-18)20-11-8-12(24-2)15(25-3)16(26-4)14(11)23(9)17/h8,10H,5-7,18-19H2,1-4H3. The molecule has 0 bridgehead atoms. The lowest BCUT2D eigenvalue weighted by Crippen LogP contribution is -2.16. The summed E-state index contributed by atoms with van der Waals surface area (Å²) >= 11 is 0. The van der Waals surface area contributed by atoms with Gasteiger partial charge in [0, 0.05) is 6.07 Å². The van der Waals surface area contributed by atoms with Crippen molar-refractivity contribution in [1.82, 2.24) is 19.6 Å². The van der Waals surface area contributed by atoms with Gasteiger partial charge in [0.15, 0.2) is 17.1 Å². The van der Waals surface area contributed by atoms with Crippen LogP contribution in [0.3, 0.4) is 0 Å². The maximum atomic E-state index is 6.36. The molecule has 9 nitrogen and oxygen atoms in total. The van der Waals surface area contributed by atoms with Crippen LogP contribution in [0.25, 0.3) is 16.7 Å². The van der Waals surface area contributed by atoms with Gasteiger partial charge < -0.3 is 25.7 Å². The highest BCUT2D eigenvalue weighted by Gasteiger charge is 2.24. The quantitative estimate of drug-likeness (QED) is 0.647. The fourth-order valence-corrected chi connectivity index (χ4v) is 3.13. The first-order valence-electron chi connectivity index (χ1n) is 8.37. The van der Waals surface area contributed by atoms with E-state index in [0.29, 0.717) is 58.4 Å². The summed E-state index contributed by atoms with van der Waals surface area (Å²) in [6.45, 7) is 2.44. The first-order chi connectivity index (χ1) is 12.6. The van der Waals surface area contributed by atoms with Gasteiger partial charge in [-0.2, -0.15) is 0 Å². The summed E-state index contributed by atoms with van der Waals surface area (Å²) in [5.41, 5.74) is 14.6. The van der Waals surface area contributed by atoms with Crippen LogP contribution in [0.5, 0.6) is 17.2 Å². The Morgan fingerprint density at radius 1 is 1.12 bits per heavy atom. The van der Waals surface area contributed by atoms with E-state index in [4.69, 9.17) is 30.7 Å². The van der Waals surface area contributed by atoms with Crippen LogP contribution in [0, 0.1) is 6.92 Å². The van der Waals surface area contributed by atoms with Crippen molar-refractivity contribution in [2.24, 2.45) is 11.5 Å². The predicted octanol–water partition coefficient (Wildman–Crippen LogP) is 1.35. The minimum absolute atomic E-state index is 0.298. The molecule has 2 aromatic heterocycles. The molecule has 0 aliphatic carbocycles. The zero-order valence-electron chi connectivity index (χ0n) is 15.4. The topological polar surface area (TPSA) is 123 Å². The summed E-state index contributed by atoms with van der Waals surface area (Å²) in [5, 5.41) is 8.49. The van der Waals surface area contributed by atoms with Gasteiger partial charge >= 0.3 is 0 Å². The van der Waals surface area contributed by atoms with Gasteiger partial charge in [-0.1, -0.05) is 0 Å². The first-order valence-corrected chi connectivity index (χ1v) is 8.37. The maximum absolute atomic E-state index is 6.36. The van der Waals surface area contributed by atoms with Crippen LogP contribution in [0.1, 0.15) is 30.4 Å². The molecule has 0 amide bonds. The Bertz CT molecular complexity index is 940. The lowest BCUT2D eigenvalue weighted by atomic mass is 10.1. The van der Waals surface area contributed by atoms with Crippen molar-refractivity contribution in [3.05, 3.63) is 17.6 Å². The molecule has 2 heterocycles. The van der Waals surface area contributed by atoms with E-state index in [1.54, 1.807) is 27.4 Å². The van der Waals surface area contributed by atoms with Crippen LogP contribution in [0.4, 0.5) is 0 Å². The Kier molecular flexibility index (Phi) is 5.10. The molecule has 1 unspecified atom stereocenters. The molecule has 1 atom stereocenters. The number of nitrogens with two attached hydrogens (primary N) is 2. The largest absolute Gasteiger partial charge is 0.493 e. The van der Waals surface area contributed by atoms with E-state index in [-0.39, 0.29) is 6.04 Å². The SMILES string of the molecule is COc1cc2nc(C(N)CCCN)c3nnc(C)n3c2c(OC)c1OC. The van der Waals surface area contributed by atoms with Crippen LogP contribution in [0.15, 0.2) is 6.07 Å². The van der Waals surface area contributed by atoms with Crippen LogP contribution in [-0.4, -0.2) is 47.5 Å². The maximum Gasteiger partial charge on any atom is 0.205 e. The number of ether oxygens (including phenoxy) is 3.